The van der Waals surface area contributed by atoms with Gasteiger partial charge in [0.2, 0.25) is 0 Å². The maximum absolute atomic E-state index is 13.5. The van der Waals surface area contributed by atoms with Crippen LogP contribution in [0.15, 0.2) is 18.3 Å². The molecular weight excluding hydrogens is 301 g/mol. The van der Waals surface area contributed by atoms with Gasteiger partial charge in [-0.3, -0.25) is 9.20 Å². The lowest BCUT2D eigenvalue weighted by molar-refractivity contribution is -0.139. The van der Waals surface area contributed by atoms with E-state index in [9.17, 15) is 19.1 Å². The number of hydrogen-bond acceptors (Lipinski definition) is 3. The minimum atomic E-state index is -1.09. The number of aliphatic carboxylic acids is 1. The number of aromatic nitrogens is 2. The van der Waals surface area contributed by atoms with Gasteiger partial charge in [0.15, 0.2) is 0 Å². The van der Waals surface area contributed by atoms with Crippen LogP contribution < -0.4 is 5.32 Å². The number of carbonyl (C=O) groups is 2. The Morgan fingerprint density at radius 2 is 2.09 bits per heavy atom. The van der Waals surface area contributed by atoms with Gasteiger partial charge in [-0.1, -0.05) is 20.8 Å². The molecule has 0 aliphatic rings. The number of nitrogens with zero attached hydrogens (tertiary/aromatic N) is 2. The van der Waals surface area contributed by atoms with Gasteiger partial charge in [0.05, 0.1) is 5.69 Å². The first-order chi connectivity index (χ1) is 10.8. The van der Waals surface area contributed by atoms with Crippen molar-refractivity contribution in [2.24, 2.45) is 5.92 Å². The zero-order valence-corrected chi connectivity index (χ0v) is 13.3. The van der Waals surface area contributed by atoms with Crippen molar-refractivity contribution in [3.8, 4) is 0 Å². The van der Waals surface area contributed by atoms with E-state index in [0.29, 0.717) is 24.2 Å². The van der Waals surface area contributed by atoms with Crippen molar-refractivity contribution in [1.82, 2.24) is 14.7 Å². The number of carbonyl (C=O) groups excluding carboxylic acids is 1. The average Bonchev–Trinajstić information content (AvgIpc) is 2.83. The predicted molar refractivity (Wildman–Crippen MR) is 82.9 cm³/mol. The van der Waals surface area contributed by atoms with Gasteiger partial charge in [-0.2, -0.15) is 0 Å². The van der Waals surface area contributed by atoms with Crippen LogP contribution in [0.1, 0.15) is 43.4 Å². The lowest BCUT2D eigenvalue weighted by Gasteiger charge is -2.16. The second-order valence-electron chi connectivity index (χ2n) is 5.83. The average molecular weight is 321 g/mol. The maximum Gasteiger partial charge on any atom is 0.326 e. The quantitative estimate of drug-likeness (QED) is 0.855. The molecule has 23 heavy (non-hydrogen) atoms. The number of carboxylic acids is 1. The Bertz CT molecular complexity index is 739. The molecule has 7 heteroatoms. The van der Waals surface area contributed by atoms with Crippen LogP contribution in [0, 0.1) is 11.7 Å². The van der Waals surface area contributed by atoms with Gasteiger partial charge >= 0.3 is 5.97 Å². The van der Waals surface area contributed by atoms with Crippen molar-refractivity contribution < 1.29 is 19.1 Å². The molecule has 1 atom stereocenters. The fourth-order valence-electron chi connectivity index (χ4n) is 2.47. The summed E-state index contributed by atoms with van der Waals surface area (Å²) in [6, 6.07) is 1.75. The third kappa shape index (κ3) is 3.67. The van der Waals surface area contributed by atoms with Crippen LogP contribution in [0.2, 0.25) is 0 Å². The molecule has 0 radical (unpaired) electrons. The standard InChI is InChI=1S/C16H20FN3O3/c1-4-11-14(20-8-10(17)5-6-13(20)18-11)15(21)19-12(16(22)23)7-9(2)3/h5-6,8-9,12H,4,7H2,1-3H3,(H,19,21)(H,22,23). The molecule has 0 saturated heterocycles. The molecule has 2 N–H and O–H groups in total. The molecule has 0 aliphatic heterocycles. The molecular formula is C16H20FN3O3. The van der Waals surface area contributed by atoms with Gasteiger partial charge in [0.25, 0.3) is 5.91 Å². The van der Waals surface area contributed by atoms with E-state index in [4.69, 9.17) is 0 Å². The molecule has 2 heterocycles. The van der Waals surface area contributed by atoms with Gasteiger partial charge in [-0.05, 0) is 30.9 Å². The fourth-order valence-corrected chi connectivity index (χ4v) is 2.47. The first-order valence-electron chi connectivity index (χ1n) is 7.53. The lowest BCUT2D eigenvalue weighted by atomic mass is 10.0. The van der Waals surface area contributed by atoms with Gasteiger partial charge in [-0.15, -0.1) is 0 Å². The Kier molecular flexibility index (Phi) is 4.98. The SMILES string of the molecule is CCc1nc2ccc(F)cn2c1C(=O)NC(CC(C)C)C(=O)O. The minimum Gasteiger partial charge on any atom is -0.480 e. The third-order valence-electron chi connectivity index (χ3n) is 3.52. The van der Waals surface area contributed by atoms with Gasteiger partial charge in [0.1, 0.15) is 23.2 Å². The first kappa shape index (κ1) is 16.9. The van der Waals surface area contributed by atoms with Crippen molar-refractivity contribution in [3.05, 3.63) is 35.5 Å². The molecule has 6 nitrogen and oxygen atoms in total. The summed E-state index contributed by atoms with van der Waals surface area (Å²) in [5.74, 6) is -2.04. The molecule has 2 aromatic rings. The van der Waals surface area contributed by atoms with Crippen LogP contribution in [0.5, 0.6) is 0 Å². The fraction of sp³-hybridized carbons (Fsp3) is 0.438. The number of pyridine rings is 1. The second-order valence-corrected chi connectivity index (χ2v) is 5.83. The van der Waals surface area contributed by atoms with Crippen molar-refractivity contribution >= 4 is 17.5 Å². The number of aryl methyl sites for hydroxylation is 1. The monoisotopic (exact) mass is 321 g/mol. The van der Waals surface area contributed by atoms with E-state index in [1.165, 1.54) is 22.7 Å². The Labute approximate surface area is 133 Å². The Balaban J connectivity index is 2.39. The van der Waals surface area contributed by atoms with E-state index < -0.39 is 23.7 Å². The van der Waals surface area contributed by atoms with Crippen LogP contribution in [0.3, 0.4) is 0 Å². The molecule has 1 unspecified atom stereocenters. The zero-order chi connectivity index (χ0) is 17.1. The van der Waals surface area contributed by atoms with E-state index in [1.54, 1.807) is 0 Å². The van der Waals surface area contributed by atoms with Crippen molar-refractivity contribution in [2.75, 3.05) is 0 Å². The highest BCUT2D eigenvalue weighted by atomic mass is 19.1. The molecule has 2 aromatic heterocycles. The largest absolute Gasteiger partial charge is 0.480 e. The normalized spacial score (nSPS) is 12.6. The molecule has 0 aliphatic carbocycles. The summed E-state index contributed by atoms with van der Waals surface area (Å²) >= 11 is 0. The summed E-state index contributed by atoms with van der Waals surface area (Å²) in [4.78, 5) is 28.2. The molecule has 0 aromatic carbocycles. The smallest absolute Gasteiger partial charge is 0.326 e. The summed E-state index contributed by atoms with van der Waals surface area (Å²) in [6.45, 7) is 5.59. The van der Waals surface area contributed by atoms with E-state index >= 15 is 0 Å². The van der Waals surface area contributed by atoms with Gasteiger partial charge in [-0.25, -0.2) is 14.2 Å². The van der Waals surface area contributed by atoms with Crippen molar-refractivity contribution in [2.45, 2.75) is 39.7 Å². The summed E-state index contributed by atoms with van der Waals surface area (Å²) < 4.78 is 14.8. The highest BCUT2D eigenvalue weighted by Crippen LogP contribution is 2.15. The van der Waals surface area contributed by atoms with Crippen molar-refractivity contribution in [3.63, 3.8) is 0 Å². The Morgan fingerprint density at radius 3 is 2.65 bits per heavy atom. The molecule has 0 saturated carbocycles. The maximum atomic E-state index is 13.5. The summed E-state index contributed by atoms with van der Waals surface area (Å²) in [6.07, 6.45) is 1.97. The number of rotatable bonds is 6. The van der Waals surface area contributed by atoms with Crippen LogP contribution in [-0.4, -0.2) is 32.4 Å². The number of amides is 1. The second kappa shape index (κ2) is 6.76. The number of carboxylic acid groups (broad SMARTS) is 1. The molecule has 0 fully saturated rings. The minimum absolute atomic E-state index is 0.113. The van der Waals surface area contributed by atoms with Crippen molar-refractivity contribution in [1.29, 1.82) is 0 Å². The van der Waals surface area contributed by atoms with Crippen LogP contribution in [0.25, 0.3) is 5.65 Å². The first-order valence-corrected chi connectivity index (χ1v) is 7.53. The zero-order valence-electron chi connectivity index (χ0n) is 13.3. The molecule has 124 valence electrons. The van der Waals surface area contributed by atoms with E-state index in [0.717, 1.165) is 0 Å². The predicted octanol–water partition coefficient (Wildman–Crippen LogP) is 2.26. The molecule has 0 spiro atoms. The molecule has 2 rings (SSSR count). The Morgan fingerprint density at radius 1 is 1.39 bits per heavy atom. The molecule has 0 bridgehead atoms. The summed E-state index contributed by atoms with van der Waals surface area (Å²) in [5.41, 5.74) is 1.13. The van der Waals surface area contributed by atoms with Crippen LogP contribution >= 0.6 is 0 Å². The Hall–Kier alpha value is -2.44. The molecule has 1 amide bonds. The number of fused-ring (bicyclic) bond motifs is 1. The number of imidazole rings is 1. The third-order valence-corrected chi connectivity index (χ3v) is 3.52. The van der Waals surface area contributed by atoms with Gasteiger partial charge in [0, 0.05) is 6.20 Å². The number of halogens is 1. The van der Waals surface area contributed by atoms with E-state index in [-0.39, 0.29) is 11.6 Å². The summed E-state index contributed by atoms with van der Waals surface area (Å²) in [7, 11) is 0. The topological polar surface area (TPSA) is 83.7 Å². The van der Waals surface area contributed by atoms with E-state index in [1.807, 2.05) is 20.8 Å². The number of hydrogen-bond donors (Lipinski definition) is 2. The highest BCUT2D eigenvalue weighted by molar-refractivity contribution is 5.97. The lowest BCUT2D eigenvalue weighted by Crippen LogP contribution is -2.42. The highest BCUT2D eigenvalue weighted by Gasteiger charge is 2.25. The summed E-state index contributed by atoms with van der Waals surface area (Å²) in [5, 5.41) is 11.8. The van der Waals surface area contributed by atoms with E-state index in [2.05, 4.69) is 10.3 Å². The van der Waals surface area contributed by atoms with Crippen LogP contribution in [0.4, 0.5) is 4.39 Å². The van der Waals surface area contributed by atoms with Crippen LogP contribution in [-0.2, 0) is 11.2 Å². The van der Waals surface area contributed by atoms with Gasteiger partial charge < -0.3 is 10.4 Å². The number of nitrogens with one attached hydrogen (secondary N) is 1.